The van der Waals surface area contributed by atoms with Crippen LogP contribution in [0.3, 0.4) is 0 Å². The Hall–Kier alpha value is -1.12. The number of aliphatic imine (C=N–C) groups is 2. The molecule has 0 bridgehead atoms. The molecule has 0 aliphatic carbocycles. The third kappa shape index (κ3) is 1.38. The van der Waals surface area contributed by atoms with E-state index < -0.39 is 0 Å². The molecule has 0 amide bonds. The van der Waals surface area contributed by atoms with Gasteiger partial charge in [0.05, 0.1) is 20.3 Å². The first kappa shape index (κ1) is 6.01. The van der Waals surface area contributed by atoms with Gasteiger partial charge in [-0.15, -0.1) is 0 Å². The normalized spacial score (nSPS) is 15.6. The summed E-state index contributed by atoms with van der Waals surface area (Å²) in [6.45, 7) is 0. The fourth-order valence-electron chi connectivity index (χ4n) is 0.522. The van der Waals surface area contributed by atoms with Gasteiger partial charge in [0.25, 0.3) is 0 Å². The smallest absolute Gasteiger partial charge is 0.263 e. The molecule has 0 N–H and O–H groups in total. The number of hydrogen-bond donors (Lipinski definition) is 0. The highest BCUT2D eigenvalue weighted by Gasteiger charge is 2.08. The van der Waals surface area contributed by atoms with E-state index in [1.807, 2.05) is 19.0 Å². The first-order chi connectivity index (χ1) is 4.30. The molecule has 47 valence electrons. The van der Waals surface area contributed by atoms with Gasteiger partial charge >= 0.3 is 5.84 Å². The van der Waals surface area contributed by atoms with Crippen molar-refractivity contribution in [1.29, 1.82) is 0 Å². The Balaban J connectivity index is 2.72. The highest BCUT2D eigenvalue weighted by molar-refractivity contribution is 6.29. The van der Waals surface area contributed by atoms with Crippen LogP contribution in [0.5, 0.6) is 0 Å². The Bertz CT molecular complexity index is 177. The first-order valence-corrected chi connectivity index (χ1v) is 2.74. The number of amidine groups is 1. The Kier molecular flexibility index (Phi) is 1.63. The quantitative estimate of drug-likeness (QED) is 0.440. The van der Waals surface area contributed by atoms with E-state index in [1.54, 1.807) is 18.6 Å². The van der Waals surface area contributed by atoms with E-state index in [-0.39, 0.29) is 0 Å². The van der Waals surface area contributed by atoms with Crippen molar-refractivity contribution in [3.63, 3.8) is 0 Å². The molecule has 0 spiro atoms. The minimum absolute atomic E-state index is 0.887. The molecule has 1 rings (SSSR count). The maximum Gasteiger partial charge on any atom is 0.336 e. The zero-order valence-corrected chi connectivity index (χ0v) is 5.57. The van der Waals surface area contributed by atoms with Crippen molar-refractivity contribution >= 4 is 12.1 Å². The van der Waals surface area contributed by atoms with Crippen molar-refractivity contribution in [2.75, 3.05) is 14.1 Å². The van der Waals surface area contributed by atoms with Crippen molar-refractivity contribution < 1.29 is 0 Å². The van der Waals surface area contributed by atoms with Crippen LogP contribution in [0.15, 0.2) is 17.4 Å². The van der Waals surface area contributed by atoms with Gasteiger partial charge in [-0.25, -0.2) is 0 Å². The maximum absolute atomic E-state index is 4.04. The predicted octanol–water partition coefficient (Wildman–Crippen LogP) is -0.162. The summed E-state index contributed by atoms with van der Waals surface area (Å²) >= 11 is 0. The van der Waals surface area contributed by atoms with Crippen LogP contribution in [0.25, 0.3) is 0 Å². The third-order valence-electron chi connectivity index (χ3n) is 1.01. The molecule has 0 aromatic rings. The van der Waals surface area contributed by atoms with Crippen LogP contribution in [-0.4, -0.2) is 31.0 Å². The largest absolute Gasteiger partial charge is 0.336 e. The molecular formula is C6H9N3+. The van der Waals surface area contributed by atoms with Gasteiger partial charge in [-0.2, -0.15) is 0 Å². The molecular weight excluding hydrogens is 114 g/mol. The average molecular weight is 123 g/mol. The van der Waals surface area contributed by atoms with E-state index in [2.05, 4.69) is 9.98 Å². The van der Waals surface area contributed by atoms with Gasteiger partial charge in [-0.1, -0.05) is 0 Å². The Morgan fingerprint density at radius 2 is 2.33 bits per heavy atom. The lowest BCUT2D eigenvalue weighted by Gasteiger charge is -1.99. The summed E-state index contributed by atoms with van der Waals surface area (Å²) < 4.78 is 0. The average Bonchev–Trinajstić information content (AvgIpc) is 1.90. The summed E-state index contributed by atoms with van der Waals surface area (Å²) in [5, 5.41) is 0. The zero-order valence-electron chi connectivity index (χ0n) is 5.57. The molecule has 1 aliphatic rings. The molecule has 1 heterocycles. The first-order valence-electron chi connectivity index (χ1n) is 2.74. The van der Waals surface area contributed by atoms with Crippen molar-refractivity contribution in [3.05, 3.63) is 12.4 Å². The number of hydrogen-bond acceptors (Lipinski definition) is 3. The lowest BCUT2D eigenvalue weighted by molar-refractivity contribution is 0.627. The van der Waals surface area contributed by atoms with Crippen LogP contribution in [0, 0.1) is 0 Å². The number of nitrogens with zero attached hydrogens (tertiary/aromatic N) is 3. The van der Waals surface area contributed by atoms with Gasteiger partial charge in [0.2, 0.25) is 0 Å². The van der Waals surface area contributed by atoms with E-state index in [4.69, 9.17) is 0 Å². The van der Waals surface area contributed by atoms with Crippen LogP contribution >= 0.6 is 0 Å². The molecule has 0 atom stereocenters. The second kappa shape index (κ2) is 2.44. The van der Waals surface area contributed by atoms with E-state index in [9.17, 15) is 0 Å². The summed E-state index contributed by atoms with van der Waals surface area (Å²) in [6.07, 6.45) is 5.06. The van der Waals surface area contributed by atoms with Crippen LogP contribution in [0.4, 0.5) is 0 Å². The lowest BCUT2D eigenvalue weighted by atomic mass is 10.5. The van der Waals surface area contributed by atoms with Crippen LogP contribution < -0.4 is 4.99 Å². The van der Waals surface area contributed by atoms with Crippen LogP contribution in [0.1, 0.15) is 0 Å². The monoisotopic (exact) mass is 123 g/mol. The molecule has 0 saturated heterocycles. The van der Waals surface area contributed by atoms with E-state index in [0.717, 1.165) is 5.84 Å². The number of rotatable bonds is 0. The molecule has 0 unspecified atom stereocenters. The minimum atomic E-state index is 0.887. The summed E-state index contributed by atoms with van der Waals surface area (Å²) in [5.41, 5.74) is 0. The summed E-state index contributed by atoms with van der Waals surface area (Å²) in [4.78, 5) is 9.85. The molecule has 0 aromatic heterocycles. The fraction of sp³-hybridized carbons (Fsp3) is 0.333. The minimum Gasteiger partial charge on any atom is -0.263 e. The molecule has 1 radical (unpaired) electrons. The van der Waals surface area contributed by atoms with Gasteiger partial charge in [-0.05, 0) is 4.99 Å². The molecule has 0 saturated carbocycles. The van der Waals surface area contributed by atoms with Crippen molar-refractivity contribution in [2.45, 2.75) is 0 Å². The van der Waals surface area contributed by atoms with Gasteiger partial charge < -0.3 is 0 Å². The summed E-state index contributed by atoms with van der Waals surface area (Å²) in [7, 11) is 3.87. The summed E-state index contributed by atoms with van der Waals surface area (Å²) in [5.74, 6) is 0.887. The molecule has 9 heavy (non-hydrogen) atoms. The topological polar surface area (TPSA) is 29.7 Å². The second-order valence-electron chi connectivity index (χ2n) is 1.96. The van der Waals surface area contributed by atoms with E-state index in [0.29, 0.717) is 0 Å². The summed E-state index contributed by atoms with van der Waals surface area (Å²) in [6, 6.07) is 0. The van der Waals surface area contributed by atoms with Crippen molar-refractivity contribution in [1.82, 2.24) is 9.89 Å². The predicted molar refractivity (Wildman–Crippen MR) is 38.5 cm³/mol. The zero-order chi connectivity index (χ0) is 6.69. The Morgan fingerprint density at radius 1 is 1.56 bits per heavy atom. The van der Waals surface area contributed by atoms with Crippen molar-refractivity contribution in [2.24, 2.45) is 4.99 Å². The van der Waals surface area contributed by atoms with E-state index in [1.165, 1.54) is 0 Å². The third-order valence-corrected chi connectivity index (χ3v) is 1.01. The van der Waals surface area contributed by atoms with Gasteiger partial charge in [0.1, 0.15) is 6.21 Å². The SMILES string of the molecule is CN(C)C1=[N+]C=CN=C1. The van der Waals surface area contributed by atoms with Gasteiger partial charge in [-0.3, -0.25) is 9.89 Å². The molecule has 3 nitrogen and oxygen atoms in total. The lowest BCUT2D eigenvalue weighted by Crippen LogP contribution is -2.27. The van der Waals surface area contributed by atoms with Crippen molar-refractivity contribution in [3.8, 4) is 0 Å². The van der Waals surface area contributed by atoms with Gasteiger partial charge in [0.15, 0.2) is 6.20 Å². The highest BCUT2D eigenvalue weighted by Crippen LogP contribution is 1.81. The van der Waals surface area contributed by atoms with E-state index >= 15 is 0 Å². The Labute approximate surface area is 54.4 Å². The molecule has 3 heteroatoms. The second-order valence-corrected chi connectivity index (χ2v) is 1.96. The highest BCUT2D eigenvalue weighted by atomic mass is 15.1. The molecule has 0 aromatic carbocycles. The van der Waals surface area contributed by atoms with Gasteiger partial charge in [0, 0.05) is 0 Å². The Morgan fingerprint density at radius 3 is 2.67 bits per heavy atom. The fourth-order valence-corrected chi connectivity index (χ4v) is 0.522. The standard InChI is InChI=1S/C6H9N3/c1-9(2)6-5-7-3-4-8-6/h3-5H,1-2H3/q+1. The molecule has 0 fully saturated rings. The van der Waals surface area contributed by atoms with Crippen LogP contribution in [0.2, 0.25) is 0 Å². The van der Waals surface area contributed by atoms with Crippen LogP contribution in [-0.2, 0) is 0 Å². The molecule has 1 aliphatic heterocycles. The maximum atomic E-state index is 4.04.